The fourth-order valence-electron chi connectivity index (χ4n) is 1.56. The lowest BCUT2D eigenvalue weighted by molar-refractivity contribution is 0.183. The van der Waals surface area contributed by atoms with Crippen molar-refractivity contribution in [1.82, 2.24) is 0 Å². The van der Waals surface area contributed by atoms with Crippen molar-refractivity contribution in [1.29, 1.82) is 0 Å². The van der Waals surface area contributed by atoms with Crippen molar-refractivity contribution in [2.75, 3.05) is 6.61 Å². The zero-order chi connectivity index (χ0) is 6.91. The first kappa shape index (κ1) is 7.03. The zero-order valence-electron chi connectivity index (χ0n) is 5.93. The molecule has 2 nitrogen and oxygen atoms in total. The first-order valence-corrected chi connectivity index (χ1v) is 3.56. The van der Waals surface area contributed by atoms with E-state index >= 15 is 0 Å². The number of rotatable bonds is 1. The molecule has 1 aliphatic carbocycles. The van der Waals surface area contributed by atoms with Gasteiger partial charge in [-0.2, -0.15) is 0 Å². The van der Waals surface area contributed by atoms with Crippen LogP contribution in [0, 0.1) is 5.92 Å². The van der Waals surface area contributed by atoms with E-state index in [4.69, 9.17) is 10.8 Å². The van der Waals surface area contributed by atoms with E-state index in [1.165, 1.54) is 6.42 Å². The lowest BCUT2D eigenvalue weighted by atomic mass is 9.91. The van der Waals surface area contributed by atoms with Crippen LogP contribution in [0.1, 0.15) is 26.2 Å². The van der Waals surface area contributed by atoms with Crippen LogP contribution in [-0.2, 0) is 0 Å². The second kappa shape index (κ2) is 2.27. The third kappa shape index (κ3) is 1.25. The molecule has 1 fully saturated rings. The summed E-state index contributed by atoms with van der Waals surface area (Å²) in [5.41, 5.74) is 5.78. The number of hydrogen-bond acceptors (Lipinski definition) is 2. The summed E-state index contributed by atoms with van der Waals surface area (Å²) in [5, 5.41) is 8.82. The Morgan fingerprint density at radius 1 is 1.78 bits per heavy atom. The summed E-state index contributed by atoms with van der Waals surface area (Å²) in [7, 11) is 0. The molecule has 0 bridgehead atoms. The van der Waals surface area contributed by atoms with Gasteiger partial charge in [0.05, 0.1) is 0 Å². The lowest BCUT2D eigenvalue weighted by Gasteiger charge is -2.24. The molecule has 0 aromatic carbocycles. The topological polar surface area (TPSA) is 46.2 Å². The van der Waals surface area contributed by atoms with Crippen LogP contribution in [0.4, 0.5) is 0 Å². The van der Waals surface area contributed by atoms with Gasteiger partial charge in [-0.05, 0) is 25.7 Å². The molecule has 1 aliphatic rings. The normalized spacial score (nSPS) is 43.7. The summed E-state index contributed by atoms with van der Waals surface area (Å²) in [6.07, 6.45) is 3.35. The molecule has 0 aliphatic heterocycles. The third-order valence-corrected chi connectivity index (χ3v) is 2.42. The summed E-state index contributed by atoms with van der Waals surface area (Å²) < 4.78 is 0. The van der Waals surface area contributed by atoms with Gasteiger partial charge in [0, 0.05) is 12.1 Å². The van der Waals surface area contributed by atoms with Crippen molar-refractivity contribution < 1.29 is 5.11 Å². The average molecular weight is 129 g/mol. The average Bonchev–Trinajstić information content (AvgIpc) is 2.08. The van der Waals surface area contributed by atoms with Gasteiger partial charge in [0.15, 0.2) is 0 Å². The van der Waals surface area contributed by atoms with Crippen molar-refractivity contribution in [2.24, 2.45) is 11.7 Å². The number of nitrogens with two attached hydrogens (primary N) is 1. The highest BCUT2D eigenvalue weighted by molar-refractivity contribution is 4.91. The van der Waals surface area contributed by atoms with Crippen LogP contribution in [0.15, 0.2) is 0 Å². The monoisotopic (exact) mass is 129 g/mol. The Morgan fingerprint density at radius 3 is 2.67 bits per heavy atom. The zero-order valence-corrected chi connectivity index (χ0v) is 5.93. The Balaban J connectivity index is 2.52. The van der Waals surface area contributed by atoms with E-state index in [0.717, 1.165) is 12.8 Å². The van der Waals surface area contributed by atoms with E-state index in [-0.39, 0.29) is 12.1 Å². The maximum Gasteiger partial charge on any atom is 0.0476 e. The molecular formula is C7H15NO. The summed E-state index contributed by atoms with van der Waals surface area (Å²) >= 11 is 0. The molecule has 0 radical (unpaired) electrons. The Morgan fingerprint density at radius 2 is 2.44 bits per heavy atom. The maximum absolute atomic E-state index is 8.82. The highest BCUT2D eigenvalue weighted by atomic mass is 16.3. The third-order valence-electron chi connectivity index (χ3n) is 2.42. The van der Waals surface area contributed by atoms with Crippen LogP contribution in [0.2, 0.25) is 0 Å². The number of hydrogen-bond donors (Lipinski definition) is 2. The molecule has 1 unspecified atom stereocenters. The Bertz CT molecular complexity index is 101. The minimum Gasteiger partial charge on any atom is -0.396 e. The predicted molar refractivity (Wildman–Crippen MR) is 37.0 cm³/mol. The van der Waals surface area contributed by atoms with Crippen LogP contribution < -0.4 is 5.73 Å². The van der Waals surface area contributed by atoms with Crippen LogP contribution in [0.3, 0.4) is 0 Å². The van der Waals surface area contributed by atoms with Crippen molar-refractivity contribution in [3.05, 3.63) is 0 Å². The minimum atomic E-state index is -0.0885. The summed E-state index contributed by atoms with van der Waals surface area (Å²) in [4.78, 5) is 0. The Hall–Kier alpha value is -0.0800. The smallest absolute Gasteiger partial charge is 0.0476 e. The summed E-state index contributed by atoms with van der Waals surface area (Å²) in [6.45, 7) is 2.29. The first-order chi connectivity index (χ1) is 4.17. The molecule has 0 heterocycles. The van der Waals surface area contributed by atoms with Gasteiger partial charge in [-0.25, -0.2) is 0 Å². The van der Waals surface area contributed by atoms with Gasteiger partial charge >= 0.3 is 0 Å². The molecule has 2 heteroatoms. The molecule has 1 rings (SSSR count). The quantitative estimate of drug-likeness (QED) is 0.541. The van der Waals surface area contributed by atoms with Gasteiger partial charge in [-0.15, -0.1) is 0 Å². The second-order valence-electron chi connectivity index (χ2n) is 3.28. The number of aliphatic hydroxyl groups excluding tert-OH is 1. The standard InChI is InChI=1S/C7H15NO/c1-7(8)4-2-3-6(7)5-9/h6,9H,2-5,8H2,1H3/t6?,7-/m0/s1. The maximum atomic E-state index is 8.82. The molecule has 1 saturated carbocycles. The SMILES string of the molecule is C[C@]1(N)CCCC1CO. The van der Waals surface area contributed by atoms with Crippen molar-refractivity contribution in [3.8, 4) is 0 Å². The largest absolute Gasteiger partial charge is 0.396 e. The molecule has 0 spiro atoms. The van der Waals surface area contributed by atoms with Crippen LogP contribution in [0.25, 0.3) is 0 Å². The van der Waals surface area contributed by atoms with Crippen LogP contribution in [0.5, 0.6) is 0 Å². The minimum absolute atomic E-state index is 0.0885. The molecule has 0 aromatic rings. The van der Waals surface area contributed by atoms with Gasteiger partial charge in [-0.3, -0.25) is 0 Å². The van der Waals surface area contributed by atoms with Gasteiger partial charge in [0.2, 0.25) is 0 Å². The van der Waals surface area contributed by atoms with E-state index in [9.17, 15) is 0 Å². The predicted octanol–water partition coefficient (Wildman–Crippen LogP) is 0.496. The van der Waals surface area contributed by atoms with E-state index in [2.05, 4.69) is 0 Å². The second-order valence-corrected chi connectivity index (χ2v) is 3.28. The number of aliphatic hydroxyl groups is 1. The van der Waals surface area contributed by atoms with E-state index in [1.54, 1.807) is 0 Å². The molecular weight excluding hydrogens is 114 g/mol. The molecule has 2 atom stereocenters. The Kier molecular flexibility index (Phi) is 1.78. The Labute approximate surface area is 56.1 Å². The first-order valence-electron chi connectivity index (χ1n) is 3.56. The molecule has 9 heavy (non-hydrogen) atoms. The highest BCUT2D eigenvalue weighted by Gasteiger charge is 2.34. The lowest BCUT2D eigenvalue weighted by Crippen LogP contribution is -2.41. The van der Waals surface area contributed by atoms with E-state index in [1.807, 2.05) is 6.92 Å². The van der Waals surface area contributed by atoms with Gasteiger partial charge in [-0.1, -0.05) is 6.42 Å². The van der Waals surface area contributed by atoms with Gasteiger partial charge in [0.1, 0.15) is 0 Å². The van der Waals surface area contributed by atoms with Crippen LogP contribution in [-0.4, -0.2) is 17.3 Å². The summed E-state index contributed by atoms with van der Waals surface area (Å²) in [5.74, 6) is 0.345. The fraction of sp³-hybridized carbons (Fsp3) is 1.00. The molecule has 0 saturated heterocycles. The van der Waals surface area contributed by atoms with Crippen molar-refractivity contribution in [2.45, 2.75) is 31.7 Å². The fourth-order valence-corrected chi connectivity index (χ4v) is 1.56. The molecule has 0 aromatic heterocycles. The van der Waals surface area contributed by atoms with Crippen LogP contribution >= 0.6 is 0 Å². The van der Waals surface area contributed by atoms with Gasteiger partial charge < -0.3 is 10.8 Å². The summed E-state index contributed by atoms with van der Waals surface area (Å²) in [6, 6.07) is 0. The molecule has 3 N–H and O–H groups in total. The van der Waals surface area contributed by atoms with Crippen molar-refractivity contribution >= 4 is 0 Å². The van der Waals surface area contributed by atoms with Crippen molar-refractivity contribution in [3.63, 3.8) is 0 Å². The van der Waals surface area contributed by atoms with E-state index in [0.29, 0.717) is 5.92 Å². The molecule has 0 amide bonds. The highest BCUT2D eigenvalue weighted by Crippen LogP contribution is 2.32. The molecule has 54 valence electrons. The van der Waals surface area contributed by atoms with Gasteiger partial charge in [0.25, 0.3) is 0 Å². The van der Waals surface area contributed by atoms with E-state index < -0.39 is 0 Å².